The van der Waals surface area contributed by atoms with E-state index in [1.165, 1.54) is 0 Å². The van der Waals surface area contributed by atoms with Crippen molar-refractivity contribution < 1.29 is 9.59 Å². The number of hydrogen-bond donors (Lipinski definition) is 2. The van der Waals surface area contributed by atoms with Crippen molar-refractivity contribution in [2.75, 3.05) is 44.6 Å². The normalized spacial score (nSPS) is 20.3. The van der Waals surface area contributed by atoms with Gasteiger partial charge in [-0.15, -0.1) is 0 Å². The highest BCUT2D eigenvalue weighted by atomic mass is 16.2. The van der Waals surface area contributed by atoms with Crippen molar-refractivity contribution in [2.24, 2.45) is 5.92 Å². The number of rotatable bonds is 7. The predicted molar refractivity (Wildman–Crippen MR) is 103 cm³/mol. The van der Waals surface area contributed by atoms with Gasteiger partial charge in [-0.1, -0.05) is 18.2 Å². The largest absolute Gasteiger partial charge is 0.337 e. The van der Waals surface area contributed by atoms with Crippen molar-refractivity contribution in [2.45, 2.75) is 25.3 Å². The number of nitrogens with one attached hydrogen (secondary N) is 2. The minimum absolute atomic E-state index is 0.0263. The van der Waals surface area contributed by atoms with E-state index >= 15 is 0 Å². The Balaban J connectivity index is 1.38. The van der Waals surface area contributed by atoms with Crippen LogP contribution in [-0.4, -0.2) is 66.4 Å². The number of anilines is 1. The Bertz CT molecular complexity index is 705. The molecule has 0 aromatic heterocycles. The highest BCUT2D eigenvalue weighted by Crippen LogP contribution is 2.39. The third-order valence-electron chi connectivity index (χ3n) is 5.28. The Kier molecular flexibility index (Phi) is 6.09. The molecule has 0 bridgehead atoms. The maximum absolute atomic E-state index is 12.3. The van der Waals surface area contributed by atoms with Crippen molar-refractivity contribution in [3.8, 4) is 6.07 Å². The van der Waals surface area contributed by atoms with E-state index in [0.717, 1.165) is 44.7 Å². The quantitative estimate of drug-likeness (QED) is 0.750. The molecule has 1 aromatic carbocycles. The molecule has 27 heavy (non-hydrogen) atoms. The number of carbonyl (C=O) groups excluding carboxylic acids is 2. The molecule has 2 amide bonds. The van der Waals surface area contributed by atoms with Crippen LogP contribution in [0.25, 0.3) is 0 Å². The summed E-state index contributed by atoms with van der Waals surface area (Å²) >= 11 is 0. The lowest BCUT2D eigenvalue weighted by atomic mass is 9.98. The van der Waals surface area contributed by atoms with Gasteiger partial charge < -0.3 is 10.6 Å². The SMILES string of the molecule is CC(C#N)(NC(=O)CN1CCN(CC(=O)Nc2ccccc2)CC1)C1CC1. The Morgan fingerprint density at radius 1 is 1.07 bits per heavy atom. The van der Waals surface area contributed by atoms with Gasteiger partial charge in [-0.25, -0.2) is 0 Å². The summed E-state index contributed by atoms with van der Waals surface area (Å²) in [5, 5.41) is 15.1. The number of carbonyl (C=O) groups is 2. The van der Waals surface area contributed by atoms with Gasteiger partial charge in [0.15, 0.2) is 0 Å². The van der Waals surface area contributed by atoms with Crippen LogP contribution in [0, 0.1) is 17.2 Å². The second-order valence-corrected chi connectivity index (χ2v) is 7.60. The van der Waals surface area contributed by atoms with Crippen LogP contribution in [0.15, 0.2) is 30.3 Å². The molecule has 1 saturated heterocycles. The zero-order valence-electron chi connectivity index (χ0n) is 15.8. The Labute approximate surface area is 160 Å². The molecule has 2 aliphatic rings. The van der Waals surface area contributed by atoms with Crippen LogP contribution in [-0.2, 0) is 9.59 Å². The number of nitrogens with zero attached hydrogens (tertiary/aromatic N) is 3. The molecule has 2 fully saturated rings. The molecule has 1 aliphatic heterocycles. The molecule has 1 unspecified atom stereocenters. The minimum atomic E-state index is -0.742. The second-order valence-electron chi connectivity index (χ2n) is 7.60. The molecule has 2 N–H and O–H groups in total. The minimum Gasteiger partial charge on any atom is -0.337 e. The highest BCUT2D eigenvalue weighted by molar-refractivity contribution is 5.92. The smallest absolute Gasteiger partial charge is 0.238 e. The summed E-state index contributed by atoms with van der Waals surface area (Å²) < 4.78 is 0. The van der Waals surface area contributed by atoms with Gasteiger partial charge in [0.25, 0.3) is 0 Å². The van der Waals surface area contributed by atoms with Gasteiger partial charge in [-0.05, 0) is 37.8 Å². The average molecular weight is 369 g/mol. The number of para-hydroxylation sites is 1. The molecule has 1 aromatic rings. The zero-order chi connectivity index (χ0) is 19.3. The van der Waals surface area contributed by atoms with E-state index < -0.39 is 5.54 Å². The number of nitriles is 1. The fourth-order valence-electron chi connectivity index (χ4n) is 3.44. The van der Waals surface area contributed by atoms with Crippen LogP contribution in [0.5, 0.6) is 0 Å². The lowest BCUT2D eigenvalue weighted by Crippen LogP contribution is -2.54. The van der Waals surface area contributed by atoms with Crippen LogP contribution in [0.4, 0.5) is 5.69 Å². The van der Waals surface area contributed by atoms with Gasteiger partial charge in [0, 0.05) is 31.9 Å². The van der Waals surface area contributed by atoms with E-state index in [1.807, 2.05) is 37.3 Å². The zero-order valence-corrected chi connectivity index (χ0v) is 15.8. The Morgan fingerprint density at radius 3 is 2.15 bits per heavy atom. The van der Waals surface area contributed by atoms with Crippen LogP contribution < -0.4 is 10.6 Å². The molecular weight excluding hydrogens is 342 g/mol. The predicted octanol–water partition coefficient (Wildman–Crippen LogP) is 1.05. The van der Waals surface area contributed by atoms with Crippen molar-refractivity contribution in [3.63, 3.8) is 0 Å². The van der Waals surface area contributed by atoms with Gasteiger partial charge in [0.05, 0.1) is 19.2 Å². The molecule has 1 saturated carbocycles. The van der Waals surface area contributed by atoms with Gasteiger partial charge in [0.1, 0.15) is 5.54 Å². The molecular formula is C20H27N5O2. The van der Waals surface area contributed by atoms with Crippen LogP contribution in [0.3, 0.4) is 0 Å². The maximum atomic E-state index is 12.3. The van der Waals surface area contributed by atoms with Gasteiger partial charge in [0.2, 0.25) is 11.8 Å². The van der Waals surface area contributed by atoms with Crippen molar-refractivity contribution >= 4 is 17.5 Å². The third-order valence-corrected chi connectivity index (χ3v) is 5.28. The number of hydrogen-bond acceptors (Lipinski definition) is 5. The molecule has 0 spiro atoms. The first-order valence-corrected chi connectivity index (χ1v) is 9.50. The van der Waals surface area contributed by atoms with E-state index in [4.69, 9.17) is 0 Å². The summed E-state index contributed by atoms with van der Waals surface area (Å²) in [6.45, 7) is 5.42. The lowest BCUT2D eigenvalue weighted by molar-refractivity contribution is -0.124. The summed E-state index contributed by atoms with van der Waals surface area (Å²) in [5.41, 5.74) is 0.0584. The van der Waals surface area contributed by atoms with Crippen LogP contribution >= 0.6 is 0 Å². The van der Waals surface area contributed by atoms with E-state index in [9.17, 15) is 14.9 Å². The topological polar surface area (TPSA) is 88.5 Å². The summed E-state index contributed by atoms with van der Waals surface area (Å²) in [7, 11) is 0. The monoisotopic (exact) mass is 369 g/mol. The van der Waals surface area contributed by atoms with E-state index in [0.29, 0.717) is 13.1 Å². The first-order chi connectivity index (χ1) is 13.0. The maximum Gasteiger partial charge on any atom is 0.238 e. The molecule has 0 radical (unpaired) electrons. The molecule has 1 atom stereocenters. The summed E-state index contributed by atoms with van der Waals surface area (Å²) in [6, 6.07) is 11.7. The molecule has 144 valence electrons. The van der Waals surface area contributed by atoms with Crippen molar-refractivity contribution in [1.29, 1.82) is 5.26 Å². The van der Waals surface area contributed by atoms with Gasteiger partial charge >= 0.3 is 0 Å². The standard InChI is InChI=1S/C20H27N5O2/c1-20(15-21,16-7-8-16)23-19(27)14-25-11-9-24(10-12-25)13-18(26)22-17-5-3-2-4-6-17/h2-6,16H,7-14H2,1H3,(H,22,26)(H,23,27). The summed E-state index contributed by atoms with van der Waals surface area (Å²) in [6.07, 6.45) is 2.02. The molecule has 1 heterocycles. The third kappa shape index (κ3) is 5.52. The van der Waals surface area contributed by atoms with E-state index in [1.54, 1.807) is 0 Å². The van der Waals surface area contributed by atoms with Crippen LogP contribution in [0.2, 0.25) is 0 Å². The van der Waals surface area contributed by atoms with Gasteiger partial charge in [-0.2, -0.15) is 5.26 Å². The molecule has 1 aliphatic carbocycles. The van der Waals surface area contributed by atoms with Crippen molar-refractivity contribution in [1.82, 2.24) is 15.1 Å². The first kappa shape index (κ1) is 19.3. The number of piperazine rings is 1. The van der Waals surface area contributed by atoms with Crippen LogP contribution in [0.1, 0.15) is 19.8 Å². The summed E-state index contributed by atoms with van der Waals surface area (Å²) in [4.78, 5) is 28.6. The first-order valence-electron chi connectivity index (χ1n) is 9.50. The van der Waals surface area contributed by atoms with Gasteiger partial charge in [-0.3, -0.25) is 19.4 Å². The number of benzene rings is 1. The second kappa shape index (κ2) is 8.51. The van der Waals surface area contributed by atoms with E-state index in [-0.39, 0.29) is 17.7 Å². The number of amides is 2. The molecule has 3 rings (SSSR count). The molecule has 7 nitrogen and oxygen atoms in total. The molecule has 7 heteroatoms. The fourth-order valence-corrected chi connectivity index (χ4v) is 3.44. The highest BCUT2D eigenvalue weighted by Gasteiger charge is 2.43. The Hall–Kier alpha value is -2.43. The average Bonchev–Trinajstić information content (AvgIpc) is 3.49. The Morgan fingerprint density at radius 2 is 1.63 bits per heavy atom. The van der Waals surface area contributed by atoms with E-state index in [2.05, 4.69) is 26.5 Å². The van der Waals surface area contributed by atoms with Crippen molar-refractivity contribution in [3.05, 3.63) is 30.3 Å². The fraction of sp³-hybridized carbons (Fsp3) is 0.550. The summed E-state index contributed by atoms with van der Waals surface area (Å²) in [5.74, 6) is 0.161. The lowest BCUT2D eigenvalue weighted by Gasteiger charge is -2.34.